The van der Waals surface area contributed by atoms with Gasteiger partial charge in [-0.15, -0.1) is 0 Å². The molecular formula is C12H17N3O2. The Hall–Kier alpha value is -1.59. The van der Waals surface area contributed by atoms with Crippen LogP contribution in [0.3, 0.4) is 0 Å². The highest BCUT2D eigenvalue weighted by atomic mass is 16.6. The van der Waals surface area contributed by atoms with Crippen molar-refractivity contribution in [3.8, 4) is 0 Å². The maximum atomic E-state index is 11.7. The zero-order chi connectivity index (χ0) is 12.3. The second-order valence-corrected chi connectivity index (χ2v) is 4.18. The number of para-hydroxylation sites is 1. The molecule has 0 saturated carbocycles. The van der Waals surface area contributed by atoms with Gasteiger partial charge in [-0.05, 0) is 6.07 Å². The van der Waals surface area contributed by atoms with Gasteiger partial charge in [-0.25, -0.2) is 5.90 Å². The van der Waals surface area contributed by atoms with Crippen LogP contribution in [0.1, 0.15) is 5.56 Å². The minimum atomic E-state index is 0.139. The van der Waals surface area contributed by atoms with Gasteiger partial charge in [0.25, 0.3) is 0 Å². The zero-order valence-corrected chi connectivity index (χ0v) is 9.93. The van der Waals surface area contributed by atoms with Crippen LogP contribution in [0.2, 0.25) is 0 Å². The van der Waals surface area contributed by atoms with Crippen molar-refractivity contribution >= 4 is 11.6 Å². The molecule has 0 atom stereocenters. The molecule has 0 aromatic heterocycles. The Morgan fingerprint density at radius 3 is 2.82 bits per heavy atom. The molecule has 0 bridgehead atoms. The van der Waals surface area contributed by atoms with Crippen LogP contribution in [0.25, 0.3) is 0 Å². The second-order valence-electron chi connectivity index (χ2n) is 4.18. The van der Waals surface area contributed by atoms with Crippen LogP contribution < -0.4 is 10.8 Å². The van der Waals surface area contributed by atoms with E-state index < -0.39 is 0 Å². The lowest BCUT2D eigenvalue weighted by Crippen LogP contribution is -2.48. The normalized spacial score (nSPS) is 16.5. The molecule has 1 saturated heterocycles. The number of rotatable bonds is 3. The third kappa shape index (κ3) is 2.57. The molecule has 1 aromatic rings. The van der Waals surface area contributed by atoms with Crippen molar-refractivity contribution < 1.29 is 9.63 Å². The first kappa shape index (κ1) is 11.9. The van der Waals surface area contributed by atoms with E-state index in [0.29, 0.717) is 13.2 Å². The number of nitrogens with two attached hydrogens (primary N) is 1. The lowest BCUT2D eigenvalue weighted by atomic mass is 10.1. The number of amides is 1. The lowest BCUT2D eigenvalue weighted by Gasteiger charge is -2.34. The summed E-state index contributed by atoms with van der Waals surface area (Å²) in [6.07, 6.45) is 0. The molecular weight excluding hydrogens is 218 g/mol. The summed E-state index contributed by atoms with van der Waals surface area (Å²) in [5.41, 5.74) is 2.03. The average molecular weight is 235 g/mol. The zero-order valence-electron chi connectivity index (χ0n) is 9.93. The monoisotopic (exact) mass is 235 g/mol. The first-order chi connectivity index (χ1) is 8.22. The van der Waals surface area contributed by atoms with Crippen LogP contribution in [0.5, 0.6) is 0 Å². The summed E-state index contributed by atoms with van der Waals surface area (Å²) in [5, 5.41) is 0. The maximum Gasteiger partial charge on any atom is 0.241 e. The Balaban J connectivity index is 2.19. The Bertz CT molecular complexity index is 408. The van der Waals surface area contributed by atoms with E-state index in [2.05, 4.69) is 9.74 Å². The first-order valence-corrected chi connectivity index (χ1v) is 5.61. The quantitative estimate of drug-likeness (QED) is 0.768. The minimum Gasteiger partial charge on any atom is -0.360 e. The van der Waals surface area contributed by atoms with Gasteiger partial charge < -0.3 is 9.80 Å². The maximum absolute atomic E-state index is 11.7. The number of anilines is 1. The summed E-state index contributed by atoms with van der Waals surface area (Å²) in [4.78, 5) is 20.2. The van der Waals surface area contributed by atoms with Crippen LogP contribution in [-0.2, 0) is 16.2 Å². The largest absolute Gasteiger partial charge is 0.360 e. The van der Waals surface area contributed by atoms with Gasteiger partial charge in [-0.1, -0.05) is 18.2 Å². The summed E-state index contributed by atoms with van der Waals surface area (Å²) in [6.45, 7) is 2.36. The van der Waals surface area contributed by atoms with Crippen molar-refractivity contribution in [1.29, 1.82) is 0 Å². The van der Waals surface area contributed by atoms with Crippen LogP contribution in [0.15, 0.2) is 24.3 Å². The number of hydrogen-bond donors (Lipinski definition) is 1. The van der Waals surface area contributed by atoms with E-state index in [4.69, 9.17) is 5.90 Å². The number of piperazine rings is 1. The molecule has 92 valence electrons. The van der Waals surface area contributed by atoms with Crippen molar-refractivity contribution in [2.45, 2.75) is 6.61 Å². The topological polar surface area (TPSA) is 58.8 Å². The highest BCUT2D eigenvalue weighted by Gasteiger charge is 2.22. The number of benzene rings is 1. The van der Waals surface area contributed by atoms with Gasteiger partial charge in [0.15, 0.2) is 0 Å². The van der Waals surface area contributed by atoms with E-state index in [1.165, 1.54) is 0 Å². The molecule has 1 heterocycles. The third-order valence-electron chi connectivity index (χ3n) is 3.03. The van der Waals surface area contributed by atoms with Crippen molar-refractivity contribution in [2.75, 3.05) is 31.6 Å². The van der Waals surface area contributed by atoms with Gasteiger partial charge in [-0.2, -0.15) is 0 Å². The molecule has 2 N–H and O–H groups in total. The smallest absolute Gasteiger partial charge is 0.241 e. The highest BCUT2D eigenvalue weighted by molar-refractivity contribution is 5.82. The molecule has 5 nitrogen and oxygen atoms in total. The van der Waals surface area contributed by atoms with Gasteiger partial charge >= 0.3 is 0 Å². The Kier molecular flexibility index (Phi) is 3.61. The number of likely N-dealkylation sites (N-methyl/N-ethyl adjacent to an activating group) is 1. The molecule has 5 heteroatoms. The van der Waals surface area contributed by atoms with Gasteiger partial charge in [-0.3, -0.25) is 9.63 Å². The standard InChI is InChI=1S/C12H17N3O2/c1-14-6-7-15(8-12(14)16)11-5-3-2-4-10(11)9-17-13/h2-5H,6-9,13H2,1H3. The SMILES string of the molecule is CN1CCN(c2ccccc2CON)CC1=O. The van der Waals surface area contributed by atoms with E-state index in [9.17, 15) is 4.79 Å². The number of carbonyl (C=O) groups is 1. The van der Waals surface area contributed by atoms with Crippen molar-refractivity contribution in [2.24, 2.45) is 5.90 Å². The third-order valence-corrected chi connectivity index (χ3v) is 3.03. The van der Waals surface area contributed by atoms with Crippen LogP contribution >= 0.6 is 0 Å². The van der Waals surface area contributed by atoms with Gasteiger partial charge in [0, 0.05) is 31.4 Å². The van der Waals surface area contributed by atoms with Crippen LogP contribution in [-0.4, -0.2) is 37.5 Å². The molecule has 0 unspecified atom stereocenters. The fraction of sp³-hybridized carbons (Fsp3) is 0.417. The summed E-state index contributed by atoms with van der Waals surface area (Å²) >= 11 is 0. The Morgan fingerprint density at radius 2 is 2.12 bits per heavy atom. The number of carbonyl (C=O) groups excluding carboxylic acids is 1. The summed E-state index contributed by atoms with van der Waals surface area (Å²) in [5.74, 6) is 5.25. The van der Waals surface area contributed by atoms with E-state index >= 15 is 0 Å². The summed E-state index contributed by atoms with van der Waals surface area (Å²) in [7, 11) is 1.83. The molecule has 1 amide bonds. The molecule has 0 spiro atoms. The molecule has 2 rings (SSSR count). The predicted octanol–water partition coefficient (Wildman–Crippen LogP) is 0.355. The lowest BCUT2D eigenvalue weighted by molar-refractivity contribution is -0.129. The molecule has 0 radical (unpaired) electrons. The number of nitrogens with zero attached hydrogens (tertiary/aromatic N) is 2. The predicted molar refractivity (Wildman–Crippen MR) is 65.3 cm³/mol. The van der Waals surface area contributed by atoms with Gasteiger partial charge in [0.1, 0.15) is 0 Å². The van der Waals surface area contributed by atoms with Crippen molar-refractivity contribution in [1.82, 2.24) is 4.90 Å². The Morgan fingerprint density at radius 1 is 1.35 bits per heavy atom. The van der Waals surface area contributed by atoms with Crippen molar-refractivity contribution in [3.05, 3.63) is 29.8 Å². The van der Waals surface area contributed by atoms with E-state index in [1.54, 1.807) is 4.90 Å². The van der Waals surface area contributed by atoms with Crippen LogP contribution in [0.4, 0.5) is 5.69 Å². The fourth-order valence-corrected chi connectivity index (χ4v) is 2.00. The van der Waals surface area contributed by atoms with Gasteiger partial charge in [0.2, 0.25) is 5.91 Å². The van der Waals surface area contributed by atoms with Crippen LogP contribution in [0, 0.1) is 0 Å². The Labute approximate surface area is 101 Å². The van der Waals surface area contributed by atoms with E-state index in [0.717, 1.165) is 24.3 Å². The molecule has 1 aromatic carbocycles. The molecule has 0 aliphatic carbocycles. The van der Waals surface area contributed by atoms with Crippen molar-refractivity contribution in [3.63, 3.8) is 0 Å². The molecule has 17 heavy (non-hydrogen) atoms. The molecule has 1 fully saturated rings. The minimum absolute atomic E-state index is 0.139. The number of hydrogen-bond acceptors (Lipinski definition) is 4. The first-order valence-electron chi connectivity index (χ1n) is 5.61. The molecule has 1 aliphatic rings. The summed E-state index contributed by atoms with van der Waals surface area (Å²) in [6, 6.07) is 7.85. The fourth-order valence-electron chi connectivity index (χ4n) is 2.00. The van der Waals surface area contributed by atoms with E-state index in [1.807, 2.05) is 31.3 Å². The second kappa shape index (κ2) is 5.16. The van der Waals surface area contributed by atoms with Gasteiger partial charge in [0.05, 0.1) is 13.2 Å². The average Bonchev–Trinajstić information content (AvgIpc) is 2.34. The van der Waals surface area contributed by atoms with E-state index in [-0.39, 0.29) is 5.91 Å². The highest BCUT2D eigenvalue weighted by Crippen LogP contribution is 2.22. The molecule has 1 aliphatic heterocycles. The summed E-state index contributed by atoms with van der Waals surface area (Å²) < 4.78 is 0.